The molecule has 0 saturated carbocycles. The molecule has 2 N–H and O–H groups in total. The number of hydrogen-bond donors (Lipinski definition) is 2. The van der Waals surface area contributed by atoms with Crippen LogP contribution in [0.1, 0.15) is 43.1 Å². The number of aryl methyl sites for hydroxylation is 1. The number of rotatable bonds is 8. The van der Waals surface area contributed by atoms with E-state index in [0.717, 1.165) is 42.8 Å². The molecule has 4 rings (SSSR count). The molecular formula is C25H32ClNO4. The Bertz CT molecular complexity index is 803. The van der Waals surface area contributed by atoms with E-state index >= 15 is 0 Å². The molecule has 0 aromatic heterocycles. The summed E-state index contributed by atoms with van der Waals surface area (Å²) in [5, 5.41) is 21.7. The molecule has 2 saturated heterocycles. The number of piperidine rings is 1. The van der Waals surface area contributed by atoms with E-state index in [1.165, 1.54) is 12.0 Å². The zero-order valence-corrected chi connectivity index (χ0v) is 18.5. The van der Waals surface area contributed by atoms with Crippen molar-refractivity contribution in [2.45, 2.75) is 62.7 Å². The van der Waals surface area contributed by atoms with Crippen LogP contribution in [0.5, 0.6) is 0 Å². The lowest BCUT2D eigenvalue weighted by Crippen LogP contribution is -2.65. The first-order valence-electron chi connectivity index (χ1n) is 11.3. The molecule has 2 aromatic carbocycles. The van der Waals surface area contributed by atoms with Crippen molar-refractivity contribution in [3.05, 3.63) is 70.7 Å². The zero-order chi connectivity index (χ0) is 21.6. The third-order valence-corrected chi connectivity index (χ3v) is 6.60. The fourth-order valence-corrected chi connectivity index (χ4v) is 4.69. The average molecular weight is 446 g/mol. The Hall–Kier alpha value is -1.47. The molecule has 31 heavy (non-hydrogen) atoms. The number of β-amino-alcohol motifs (C(OH)–C–C–N with tert-alkyl or cyclic N) is 1. The summed E-state index contributed by atoms with van der Waals surface area (Å²) in [5.74, 6) is 0. The first-order chi connectivity index (χ1) is 15.1. The predicted molar refractivity (Wildman–Crippen MR) is 121 cm³/mol. The second kappa shape index (κ2) is 10.9. The van der Waals surface area contributed by atoms with Crippen LogP contribution in [0.15, 0.2) is 54.6 Å². The summed E-state index contributed by atoms with van der Waals surface area (Å²) in [5.41, 5.74) is 2.25. The summed E-state index contributed by atoms with van der Waals surface area (Å²) in [4.78, 5) is 2.22. The van der Waals surface area contributed by atoms with E-state index in [0.29, 0.717) is 13.2 Å². The molecule has 0 amide bonds. The molecule has 2 aromatic rings. The van der Waals surface area contributed by atoms with Gasteiger partial charge in [-0.25, -0.2) is 0 Å². The summed E-state index contributed by atoms with van der Waals surface area (Å²) >= 11 is 5.94. The molecule has 5 nitrogen and oxygen atoms in total. The van der Waals surface area contributed by atoms with Gasteiger partial charge in [-0.05, 0) is 43.5 Å². The van der Waals surface area contributed by atoms with Gasteiger partial charge in [0.15, 0.2) is 6.29 Å². The standard InChI is InChI=1S/C25H32ClNO4/c26-20-13-11-18(12-14-20)8-4-1-2-7-15-27-16-22(28)23(29)24-21(27)17-30-25(31-24)19-9-5-3-6-10-19/h3,5-6,9-14,21-25,28-29H,1-2,4,7-8,15-17H2/t21?,22-,23+,24+,25?/m0/s1. The largest absolute Gasteiger partial charge is 0.389 e. The number of likely N-dealkylation sites (tertiary alicyclic amines) is 1. The van der Waals surface area contributed by atoms with E-state index in [9.17, 15) is 10.2 Å². The van der Waals surface area contributed by atoms with Gasteiger partial charge in [0, 0.05) is 17.1 Å². The van der Waals surface area contributed by atoms with Crippen LogP contribution < -0.4 is 0 Å². The van der Waals surface area contributed by atoms with E-state index in [4.69, 9.17) is 21.1 Å². The van der Waals surface area contributed by atoms with E-state index in [1.807, 2.05) is 42.5 Å². The maximum atomic E-state index is 10.6. The van der Waals surface area contributed by atoms with E-state index < -0.39 is 24.6 Å². The topological polar surface area (TPSA) is 62.2 Å². The molecule has 2 aliphatic rings. The van der Waals surface area contributed by atoms with Crippen molar-refractivity contribution in [2.75, 3.05) is 19.7 Å². The smallest absolute Gasteiger partial charge is 0.184 e. The maximum absolute atomic E-state index is 10.6. The van der Waals surface area contributed by atoms with Crippen molar-refractivity contribution >= 4 is 11.6 Å². The molecule has 0 bridgehead atoms. The molecular weight excluding hydrogens is 414 g/mol. The van der Waals surface area contributed by atoms with Crippen LogP contribution in [0.3, 0.4) is 0 Å². The van der Waals surface area contributed by atoms with Gasteiger partial charge in [-0.15, -0.1) is 0 Å². The summed E-state index contributed by atoms with van der Waals surface area (Å²) in [7, 11) is 0. The number of halogens is 1. The Morgan fingerprint density at radius 2 is 1.68 bits per heavy atom. The highest BCUT2D eigenvalue weighted by molar-refractivity contribution is 6.30. The highest BCUT2D eigenvalue weighted by atomic mass is 35.5. The van der Waals surface area contributed by atoms with Crippen LogP contribution in [0, 0.1) is 0 Å². The molecule has 168 valence electrons. The normalized spacial score (nSPS) is 28.9. The average Bonchev–Trinajstić information content (AvgIpc) is 2.80. The first-order valence-corrected chi connectivity index (χ1v) is 11.7. The number of ether oxygens (including phenoxy) is 2. The number of aliphatic hydroxyl groups is 2. The van der Waals surface area contributed by atoms with Gasteiger partial charge in [0.1, 0.15) is 12.2 Å². The second-order valence-electron chi connectivity index (χ2n) is 8.59. The Morgan fingerprint density at radius 1 is 0.935 bits per heavy atom. The van der Waals surface area contributed by atoms with Gasteiger partial charge in [-0.2, -0.15) is 0 Å². The Kier molecular flexibility index (Phi) is 7.99. The summed E-state index contributed by atoms with van der Waals surface area (Å²) in [6.45, 7) is 1.81. The number of aliphatic hydroxyl groups excluding tert-OH is 2. The number of fused-ring (bicyclic) bond motifs is 1. The maximum Gasteiger partial charge on any atom is 0.184 e. The molecule has 5 atom stereocenters. The van der Waals surface area contributed by atoms with Crippen LogP contribution in [-0.2, 0) is 15.9 Å². The fraction of sp³-hybridized carbons (Fsp3) is 0.520. The predicted octanol–water partition coefficient (Wildman–Crippen LogP) is 3.96. The minimum absolute atomic E-state index is 0.0348. The molecule has 2 fully saturated rings. The first kappa shape index (κ1) is 22.7. The Morgan fingerprint density at radius 3 is 2.45 bits per heavy atom. The lowest BCUT2D eigenvalue weighted by molar-refractivity contribution is -0.287. The van der Waals surface area contributed by atoms with Crippen molar-refractivity contribution in [3.63, 3.8) is 0 Å². The van der Waals surface area contributed by atoms with Crippen LogP contribution in [-0.4, -0.2) is 59.2 Å². The van der Waals surface area contributed by atoms with Gasteiger partial charge < -0.3 is 19.7 Å². The van der Waals surface area contributed by atoms with Crippen molar-refractivity contribution in [1.29, 1.82) is 0 Å². The number of hydrogen-bond acceptors (Lipinski definition) is 5. The fourth-order valence-electron chi connectivity index (χ4n) is 4.57. The van der Waals surface area contributed by atoms with Gasteiger partial charge in [0.25, 0.3) is 0 Å². The molecule has 0 spiro atoms. The Labute approximate surface area is 189 Å². The molecule has 2 aliphatic heterocycles. The highest BCUT2D eigenvalue weighted by Gasteiger charge is 2.46. The third kappa shape index (κ3) is 5.86. The highest BCUT2D eigenvalue weighted by Crippen LogP contribution is 2.33. The summed E-state index contributed by atoms with van der Waals surface area (Å²) in [6.07, 6.45) is 2.92. The van der Waals surface area contributed by atoms with E-state index in [-0.39, 0.29) is 6.04 Å². The van der Waals surface area contributed by atoms with Crippen LogP contribution in [0.4, 0.5) is 0 Å². The van der Waals surface area contributed by atoms with E-state index in [2.05, 4.69) is 17.0 Å². The number of benzene rings is 2. The van der Waals surface area contributed by atoms with Gasteiger partial charge in [0.05, 0.1) is 18.8 Å². The second-order valence-corrected chi connectivity index (χ2v) is 9.02. The zero-order valence-electron chi connectivity index (χ0n) is 17.8. The van der Waals surface area contributed by atoms with Gasteiger partial charge in [-0.1, -0.05) is 66.9 Å². The van der Waals surface area contributed by atoms with Crippen molar-refractivity contribution in [3.8, 4) is 0 Å². The number of nitrogens with zero attached hydrogens (tertiary/aromatic N) is 1. The molecule has 0 aliphatic carbocycles. The van der Waals surface area contributed by atoms with Crippen molar-refractivity contribution < 1.29 is 19.7 Å². The van der Waals surface area contributed by atoms with Gasteiger partial charge >= 0.3 is 0 Å². The minimum Gasteiger partial charge on any atom is -0.389 e. The van der Waals surface area contributed by atoms with Crippen molar-refractivity contribution in [1.82, 2.24) is 4.90 Å². The Balaban J connectivity index is 1.24. The van der Waals surface area contributed by atoms with Crippen molar-refractivity contribution in [2.24, 2.45) is 0 Å². The van der Waals surface area contributed by atoms with E-state index in [1.54, 1.807) is 0 Å². The molecule has 2 unspecified atom stereocenters. The van der Waals surface area contributed by atoms with Crippen LogP contribution in [0.2, 0.25) is 5.02 Å². The quantitative estimate of drug-likeness (QED) is 0.602. The SMILES string of the molecule is O[C@H]1[C@@H]2OC(c3ccccc3)OCC2N(CCCCCCc2ccc(Cl)cc2)C[C@@H]1O. The molecule has 0 radical (unpaired) electrons. The van der Waals surface area contributed by atoms with Gasteiger partial charge in [-0.3, -0.25) is 4.90 Å². The third-order valence-electron chi connectivity index (χ3n) is 6.35. The molecule has 6 heteroatoms. The monoisotopic (exact) mass is 445 g/mol. The summed E-state index contributed by atoms with van der Waals surface area (Å²) < 4.78 is 12.1. The summed E-state index contributed by atoms with van der Waals surface area (Å²) in [6, 6.07) is 17.8. The lowest BCUT2D eigenvalue weighted by atomic mass is 9.92. The number of unbranched alkanes of at least 4 members (excludes halogenated alkanes) is 3. The van der Waals surface area contributed by atoms with Gasteiger partial charge in [0.2, 0.25) is 0 Å². The molecule has 2 heterocycles. The minimum atomic E-state index is -0.893. The lowest BCUT2D eigenvalue weighted by Gasteiger charge is -2.49. The van der Waals surface area contributed by atoms with Crippen LogP contribution >= 0.6 is 11.6 Å². The van der Waals surface area contributed by atoms with Crippen LogP contribution in [0.25, 0.3) is 0 Å².